The highest BCUT2D eigenvalue weighted by Crippen LogP contribution is 2.42. The summed E-state index contributed by atoms with van der Waals surface area (Å²) in [6.07, 6.45) is 0.648. The molecule has 5 atom stereocenters. The van der Waals surface area contributed by atoms with E-state index in [1.807, 2.05) is 0 Å². The molecule has 0 aromatic heterocycles. The number of aryl methyl sites for hydroxylation is 3. The van der Waals surface area contributed by atoms with Crippen molar-refractivity contribution < 1.29 is 4.74 Å². The molecule has 1 aromatic rings. The van der Waals surface area contributed by atoms with Crippen LogP contribution < -0.4 is 5.32 Å². The summed E-state index contributed by atoms with van der Waals surface area (Å²) in [5.74, 6) is 1.10. The lowest BCUT2D eigenvalue weighted by Crippen LogP contribution is -2.34. The first-order valence-electron chi connectivity index (χ1n) is 7.77. The maximum absolute atomic E-state index is 6.05. The molecular weight excluding hydrogens is 246 g/mol. The Hall–Kier alpha value is -0.860. The highest BCUT2D eigenvalue weighted by molar-refractivity contribution is 5.40. The third-order valence-corrected chi connectivity index (χ3v) is 5.06. The largest absolute Gasteiger partial charge is 0.375 e. The molecule has 1 saturated heterocycles. The van der Waals surface area contributed by atoms with Gasteiger partial charge in [0.15, 0.2) is 0 Å². The summed E-state index contributed by atoms with van der Waals surface area (Å²) < 4.78 is 6.05. The Morgan fingerprint density at radius 2 is 1.55 bits per heavy atom. The molecule has 0 aliphatic carbocycles. The van der Waals surface area contributed by atoms with Crippen molar-refractivity contribution in [1.82, 2.24) is 5.32 Å². The van der Waals surface area contributed by atoms with Crippen molar-refractivity contribution in [2.45, 2.75) is 59.8 Å². The van der Waals surface area contributed by atoms with Gasteiger partial charge in [-0.05, 0) is 64.3 Å². The Morgan fingerprint density at radius 1 is 1.00 bits per heavy atom. The lowest BCUT2D eigenvalue weighted by molar-refractivity contribution is 0.0477. The van der Waals surface area contributed by atoms with Gasteiger partial charge in [0.2, 0.25) is 0 Å². The molecule has 0 spiro atoms. The van der Waals surface area contributed by atoms with Gasteiger partial charge in [-0.3, -0.25) is 0 Å². The van der Waals surface area contributed by atoms with E-state index < -0.39 is 0 Å². The van der Waals surface area contributed by atoms with Crippen LogP contribution in [-0.4, -0.2) is 19.3 Å². The summed E-state index contributed by atoms with van der Waals surface area (Å²) in [6, 6.07) is 4.95. The van der Waals surface area contributed by atoms with Crippen LogP contribution >= 0.6 is 0 Å². The second kappa shape index (κ2) is 5.87. The Kier molecular flexibility index (Phi) is 4.55. The van der Waals surface area contributed by atoms with Crippen molar-refractivity contribution in [3.05, 3.63) is 34.4 Å². The van der Waals surface area contributed by atoms with E-state index in [0.717, 1.165) is 0 Å². The molecule has 0 amide bonds. The number of ether oxygens (including phenoxy) is 1. The molecule has 2 rings (SSSR count). The van der Waals surface area contributed by atoms with Crippen LogP contribution in [0.3, 0.4) is 0 Å². The van der Waals surface area contributed by atoms with Crippen LogP contribution in [0, 0.1) is 32.6 Å². The number of hydrogen-bond acceptors (Lipinski definition) is 2. The Bertz CT molecular complexity index is 459. The SMILES string of the molecule is CNC(c1c(C)cc(C)cc1C)C1C(C)OC(C)C1C. The van der Waals surface area contributed by atoms with Gasteiger partial charge in [0.25, 0.3) is 0 Å². The maximum Gasteiger partial charge on any atom is 0.0600 e. The second-order valence-corrected chi connectivity index (χ2v) is 6.56. The second-order valence-electron chi connectivity index (χ2n) is 6.56. The third-order valence-electron chi connectivity index (χ3n) is 5.06. The quantitative estimate of drug-likeness (QED) is 0.902. The minimum atomic E-state index is 0.303. The zero-order valence-corrected chi connectivity index (χ0v) is 13.9. The number of nitrogens with one attached hydrogen (secondary N) is 1. The lowest BCUT2D eigenvalue weighted by atomic mass is 9.78. The Balaban J connectivity index is 2.43. The van der Waals surface area contributed by atoms with E-state index in [1.165, 1.54) is 22.3 Å². The minimum Gasteiger partial charge on any atom is -0.375 e. The molecular formula is C18H29NO. The predicted molar refractivity (Wildman–Crippen MR) is 85.1 cm³/mol. The van der Waals surface area contributed by atoms with Crippen LogP contribution in [0.15, 0.2) is 12.1 Å². The molecule has 2 heteroatoms. The fourth-order valence-corrected chi connectivity index (χ4v) is 4.08. The highest BCUT2D eigenvalue weighted by Gasteiger charge is 2.42. The zero-order valence-electron chi connectivity index (χ0n) is 13.9. The first-order valence-corrected chi connectivity index (χ1v) is 7.77. The van der Waals surface area contributed by atoms with Gasteiger partial charge in [0.1, 0.15) is 0 Å². The summed E-state index contributed by atoms with van der Waals surface area (Å²) >= 11 is 0. The normalized spacial score (nSPS) is 31.6. The highest BCUT2D eigenvalue weighted by atomic mass is 16.5. The van der Waals surface area contributed by atoms with Crippen LogP contribution in [0.2, 0.25) is 0 Å². The van der Waals surface area contributed by atoms with Crippen molar-refractivity contribution in [3.63, 3.8) is 0 Å². The van der Waals surface area contributed by atoms with Gasteiger partial charge in [-0.15, -0.1) is 0 Å². The van der Waals surface area contributed by atoms with E-state index in [0.29, 0.717) is 30.1 Å². The average Bonchev–Trinajstić information content (AvgIpc) is 2.59. The summed E-state index contributed by atoms with van der Waals surface area (Å²) in [7, 11) is 2.08. The van der Waals surface area contributed by atoms with E-state index in [1.54, 1.807) is 0 Å². The molecule has 1 fully saturated rings. The van der Waals surface area contributed by atoms with Gasteiger partial charge in [-0.2, -0.15) is 0 Å². The summed E-state index contributed by atoms with van der Waals surface area (Å²) in [5.41, 5.74) is 5.58. The molecule has 112 valence electrons. The molecule has 1 heterocycles. The van der Waals surface area contributed by atoms with Gasteiger partial charge >= 0.3 is 0 Å². The third kappa shape index (κ3) is 2.64. The zero-order chi connectivity index (χ0) is 15.0. The number of rotatable bonds is 3. The fraction of sp³-hybridized carbons (Fsp3) is 0.667. The number of benzene rings is 1. The minimum absolute atomic E-state index is 0.303. The van der Waals surface area contributed by atoms with Crippen molar-refractivity contribution in [1.29, 1.82) is 0 Å². The molecule has 1 aromatic carbocycles. The van der Waals surface area contributed by atoms with Crippen LogP contribution in [0.25, 0.3) is 0 Å². The molecule has 0 radical (unpaired) electrons. The van der Waals surface area contributed by atoms with Crippen LogP contribution in [0.4, 0.5) is 0 Å². The molecule has 0 saturated carbocycles. The van der Waals surface area contributed by atoms with E-state index in [2.05, 4.69) is 66.0 Å². The molecule has 20 heavy (non-hydrogen) atoms. The predicted octanol–water partition coefficient (Wildman–Crippen LogP) is 3.93. The van der Waals surface area contributed by atoms with Gasteiger partial charge in [0.05, 0.1) is 12.2 Å². The molecule has 0 bridgehead atoms. The topological polar surface area (TPSA) is 21.3 Å². The summed E-state index contributed by atoms with van der Waals surface area (Å²) in [6.45, 7) is 13.4. The smallest absolute Gasteiger partial charge is 0.0600 e. The maximum atomic E-state index is 6.05. The van der Waals surface area contributed by atoms with Crippen molar-refractivity contribution in [2.75, 3.05) is 7.05 Å². The van der Waals surface area contributed by atoms with Crippen LogP contribution in [0.5, 0.6) is 0 Å². The molecule has 1 N–H and O–H groups in total. The first-order chi connectivity index (χ1) is 9.36. The Labute approximate surface area is 123 Å². The van der Waals surface area contributed by atoms with Crippen LogP contribution in [0.1, 0.15) is 49.1 Å². The van der Waals surface area contributed by atoms with Gasteiger partial charge in [-0.25, -0.2) is 0 Å². The van der Waals surface area contributed by atoms with Crippen molar-refractivity contribution in [3.8, 4) is 0 Å². The monoisotopic (exact) mass is 275 g/mol. The Morgan fingerprint density at radius 3 is 1.95 bits per heavy atom. The van der Waals surface area contributed by atoms with Crippen molar-refractivity contribution in [2.24, 2.45) is 11.8 Å². The van der Waals surface area contributed by atoms with E-state index in [9.17, 15) is 0 Å². The molecule has 2 nitrogen and oxygen atoms in total. The van der Waals surface area contributed by atoms with Crippen LogP contribution in [-0.2, 0) is 4.74 Å². The van der Waals surface area contributed by atoms with Gasteiger partial charge < -0.3 is 10.1 Å². The van der Waals surface area contributed by atoms with E-state index >= 15 is 0 Å². The van der Waals surface area contributed by atoms with Gasteiger partial charge in [-0.1, -0.05) is 24.6 Å². The van der Waals surface area contributed by atoms with Crippen molar-refractivity contribution >= 4 is 0 Å². The summed E-state index contributed by atoms with van der Waals surface area (Å²) in [5, 5.41) is 3.56. The molecule has 1 aliphatic heterocycles. The first kappa shape index (κ1) is 15.5. The lowest BCUT2D eigenvalue weighted by Gasteiger charge is -2.31. The van der Waals surface area contributed by atoms with E-state index in [4.69, 9.17) is 4.74 Å². The average molecular weight is 275 g/mol. The summed E-state index contributed by atoms with van der Waals surface area (Å²) in [4.78, 5) is 0. The number of hydrogen-bond donors (Lipinski definition) is 1. The van der Waals surface area contributed by atoms with Gasteiger partial charge in [0, 0.05) is 12.0 Å². The molecule has 1 aliphatic rings. The standard InChI is InChI=1S/C18H29NO/c1-10-8-11(2)16(12(3)9-10)18(19-7)17-13(4)14(5)20-15(17)6/h8-9,13-15,17-19H,1-7H3. The fourth-order valence-electron chi connectivity index (χ4n) is 4.08. The van der Waals surface area contributed by atoms with E-state index in [-0.39, 0.29) is 0 Å². The molecule has 5 unspecified atom stereocenters.